The molecule has 1 aliphatic heterocycles. The first-order valence-corrected chi connectivity index (χ1v) is 11.8. The van der Waals surface area contributed by atoms with Crippen molar-refractivity contribution in [1.82, 2.24) is 0 Å². The fourth-order valence-corrected chi connectivity index (χ4v) is 4.74. The maximum Gasteiger partial charge on any atom is 0.303 e. The van der Waals surface area contributed by atoms with Gasteiger partial charge in [0.25, 0.3) is 0 Å². The van der Waals surface area contributed by atoms with Crippen molar-refractivity contribution in [2.45, 2.75) is 77.4 Å². The zero-order valence-electron chi connectivity index (χ0n) is 20.1. The smallest absolute Gasteiger partial charge is 0.303 e. The van der Waals surface area contributed by atoms with Gasteiger partial charge in [0.2, 0.25) is 5.91 Å². The van der Waals surface area contributed by atoms with Crippen molar-refractivity contribution in [3.8, 4) is 0 Å². The largest absolute Gasteiger partial charge is 0.481 e. The fraction of sp³-hybridized carbons (Fsp3) is 0.481. The van der Waals surface area contributed by atoms with E-state index < -0.39 is 11.6 Å². The number of hydrogen-bond acceptors (Lipinski definition) is 4. The highest BCUT2D eigenvalue weighted by molar-refractivity contribution is 5.96. The maximum absolute atomic E-state index is 13.0. The molecule has 1 saturated heterocycles. The average Bonchev–Trinajstić information content (AvgIpc) is 3.24. The quantitative estimate of drug-likeness (QED) is 0.504. The molecule has 0 aromatic heterocycles. The van der Waals surface area contributed by atoms with E-state index in [0.29, 0.717) is 12.1 Å². The molecular weight excluding hydrogens is 416 g/mol. The summed E-state index contributed by atoms with van der Waals surface area (Å²) < 4.78 is 0. The summed E-state index contributed by atoms with van der Waals surface area (Å²) in [6.07, 6.45) is 2.83. The Bertz CT molecular complexity index is 979. The minimum atomic E-state index is -0.881. The Morgan fingerprint density at radius 3 is 2.48 bits per heavy atom. The molecule has 2 atom stereocenters. The van der Waals surface area contributed by atoms with Crippen LogP contribution in [0.4, 0.5) is 11.4 Å². The van der Waals surface area contributed by atoms with Crippen molar-refractivity contribution in [2.24, 2.45) is 0 Å². The van der Waals surface area contributed by atoms with Crippen molar-refractivity contribution in [3.63, 3.8) is 0 Å². The number of carboxylic acids is 1. The van der Waals surface area contributed by atoms with Gasteiger partial charge in [-0.15, -0.1) is 0 Å². The number of carbonyl (C=O) groups is 2. The normalized spacial score (nSPS) is 17.1. The van der Waals surface area contributed by atoms with Gasteiger partial charge < -0.3 is 20.4 Å². The number of amides is 1. The van der Waals surface area contributed by atoms with Crippen LogP contribution in [0, 0.1) is 6.92 Å². The van der Waals surface area contributed by atoms with Gasteiger partial charge in [-0.3, -0.25) is 9.59 Å². The monoisotopic (exact) mass is 452 g/mol. The summed E-state index contributed by atoms with van der Waals surface area (Å²) in [5.74, 6) is -1.09. The molecule has 1 heterocycles. The Labute approximate surface area is 196 Å². The van der Waals surface area contributed by atoms with Crippen molar-refractivity contribution in [1.29, 1.82) is 0 Å². The zero-order chi connectivity index (χ0) is 24.2. The Kier molecular flexibility index (Phi) is 7.80. The number of aliphatic carboxylic acids is 1. The molecule has 1 aliphatic rings. The number of aryl methyl sites for hydroxylation is 1. The molecule has 3 rings (SSSR count). The molecule has 178 valence electrons. The molecule has 0 unspecified atom stereocenters. The number of anilines is 2. The first kappa shape index (κ1) is 24.8. The van der Waals surface area contributed by atoms with E-state index in [1.165, 1.54) is 0 Å². The van der Waals surface area contributed by atoms with E-state index in [1.807, 2.05) is 70.2 Å². The predicted octanol–water partition coefficient (Wildman–Crippen LogP) is 4.88. The zero-order valence-corrected chi connectivity index (χ0v) is 20.1. The second-order valence-corrected chi connectivity index (χ2v) is 9.70. The summed E-state index contributed by atoms with van der Waals surface area (Å²) in [7, 11) is 0. The van der Waals surface area contributed by atoms with Crippen LogP contribution in [0.5, 0.6) is 0 Å². The summed E-state index contributed by atoms with van der Waals surface area (Å²) in [6.45, 7) is 8.42. The van der Waals surface area contributed by atoms with Gasteiger partial charge in [-0.05, 0) is 69.2 Å². The Morgan fingerprint density at radius 2 is 1.88 bits per heavy atom. The number of nitrogens with one attached hydrogen (secondary N) is 1. The highest BCUT2D eigenvalue weighted by Crippen LogP contribution is 2.38. The second kappa shape index (κ2) is 10.4. The number of rotatable bonds is 9. The second-order valence-electron chi connectivity index (χ2n) is 9.70. The molecule has 0 radical (unpaired) electrons. The van der Waals surface area contributed by atoms with Crippen molar-refractivity contribution < 1.29 is 19.8 Å². The van der Waals surface area contributed by atoms with Crippen LogP contribution < -0.4 is 10.2 Å². The van der Waals surface area contributed by atoms with Gasteiger partial charge in [0.1, 0.15) is 0 Å². The number of carboxylic acid groups (broad SMARTS) is 1. The van der Waals surface area contributed by atoms with E-state index in [1.54, 1.807) is 0 Å². The standard InChI is InChI=1S/C27H36N2O4/c1-5-20(17-26(31)32)21-12-13-23(29-14-6-7-24(29)27(3,4)33)22(16-21)28-25(30)15-19-10-8-18(2)9-11-19/h8-13,16,20,24,33H,5-7,14-15,17H2,1-4H3,(H,28,30)(H,31,32)/t20-,24-/m1/s1. The van der Waals surface area contributed by atoms with Crippen LogP contribution in [0.3, 0.4) is 0 Å². The molecule has 1 fully saturated rings. The molecule has 2 aromatic rings. The lowest BCUT2D eigenvalue weighted by Crippen LogP contribution is -2.46. The van der Waals surface area contributed by atoms with Gasteiger partial charge in [0, 0.05) is 6.54 Å². The lowest BCUT2D eigenvalue weighted by Gasteiger charge is -2.36. The number of aliphatic hydroxyl groups is 1. The highest BCUT2D eigenvalue weighted by atomic mass is 16.4. The lowest BCUT2D eigenvalue weighted by molar-refractivity contribution is -0.137. The number of hydrogen-bond donors (Lipinski definition) is 3. The van der Waals surface area contributed by atoms with Crippen LogP contribution >= 0.6 is 0 Å². The molecule has 0 bridgehead atoms. The van der Waals surface area contributed by atoms with Crippen LogP contribution in [0.1, 0.15) is 69.1 Å². The summed E-state index contributed by atoms with van der Waals surface area (Å²) in [5.41, 5.74) is 3.63. The SMILES string of the molecule is CC[C@H](CC(=O)O)c1ccc(N2CCC[C@@H]2C(C)(C)O)c(NC(=O)Cc2ccc(C)cc2)c1. The third kappa shape index (κ3) is 6.35. The molecule has 6 heteroatoms. The van der Waals surface area contributed by atoms with E-state index in [2.05, 4.69) is 10.2 Å². The molecule has 6 nitrogen and oxygen atoms in total. The minimum absolute atomic E-state index is 0.0443. The third-order valence-corrected chi connectivity index (χ3v) is 6.54. The topological polar surface area (TPSA) is 89.9 Å². The summed E-state index contributed by atoms with van der Waals surface area (Å²) >= 11 is 0. The molecule has 0 saturated carbocycles. The summed E-state index contributed by atoms with van der Waals surface area (Å²) in [6, 6.07) is 13.7. The molecule has 1 amide bonds. The van der Waals surface area contributed by atoms with E-state index in [0.717, 1.165) is 41.8 Å². The van der Waals surface area contributed by atoms with Crippen LogP contribution in [0.2, 0.25) is 0 Å². The Morgan fingerprint density at radius 1 is 1.18 bits per heavy atom. The fourth-order valence-electron chi connectivity index (χ4n) is 4.74. The molecule has 33 heavy (non-hydrogen) atoms. The number of carbonyl (C=O) groups excluding carboxylic acids is 1. The van der Waals surface area contributed by atoms with Crippen LogP contribution in [0.15, 0.2) is 42.5 Å². The van der Waals surface area contributed by atoms with E-state index >= 15 is 0 Å². The van der Waals surface area contributed by atoms with Gasteiger partial charge in [-0.2, -0.15) is 0 Å². The lowest BCUT2D eigenvalue weighted by atomic mass is 9.91. The first-order chi connectivity index (χ1) is 15.6. The molecule has 3 N–H and O–H groups in total. The minimum Gasteiger partial charge on any atom is -0.481 e. The Balaban J connectivity index is 1.94. The van der Waals surface area contributed by atoms with Crippen molar-refractivity contribution in [3.05, 3.63) is 59.2 Å². The summed E-state index contributed by atoms with van der Waals surface area (Å²) in [5, 5.41) is 23.1. The molecular formula is C27H36N2O4. The average molecular weight is 453 g/mol. The highest BCUT2D eigenvalue weighted by Gasteiger charge is 2.37. The predicted molar refractivity (Wildman–Crippen MR) is 132 cm³/mol. The van der Waals surface area contributed by atoms with Crippen LogP contribution in [0.25, 0.3) is 0 Å². The Hall–Kier alpha value is -2.86. The number of benzene rings is 2. The number of nitrogens with zero attached hydrogens (tertiary/aromatic N) is 1. The molecule has 0 aliphatic carbocycles. The van der Waals surface area contributed by atoms with Crippen molar-refractivity contribution in [2.75, 3.05) is 16.8 Å². The van der Waals surface area contributed by atoms with E-state index in [-0.39, 0.29) is 30.7 Å². The van der Waals surface area contributed by atoms with E-state index in [9.17, 15) is 19.8 Å². The first-order valence-electron chi connectivity index (χ1n) is 11.8. The van der Waals surface area contributed by atoms with Gasteiger partial charge in [0.05, 0.1) is 35.9 Å². The third-order valence-electron chi connectivity index (χ3n) is 6.54. The van der Waals surface area contributed by atoms with Gasteiger partial charge in [0.15, 0.2) is 0 Å². The molecule has 0 spiro atoms. The van der Waals surface area contributed by atoms with Gasteiger partial charge >= 0.3 is 5.97 Å². The van der Waals surface area contributed by atoms with Crippen LogP contribution in [-0.4, -0.2) is 40.3 Å². The van der Waals surface area contributed by atoms with Crippen molar-refractivity contribution >= 4 is 23.3 Å². The maximum atomic E-state index is 13.0. The van der Waals surface area contributed by atoms with Gasteiger partial charge in [-0.25, -0.2) is 0 Å². The van der Waals surface area contributed by atoms with E-state index in [4.69, 9.17) is 0 Å². The van der Waals surface area contributed by atoms with Gasteiger partial charge in [-0.1, -0.05) is 42.8 Å². The summed E-state index contributed by atoms with van der Waals surface area (Å²) in [4.78, 5) is 26.5. The van der Waals surface area contributed by atoms with Crippen LogP contribution in [-0.2, 0) is 16.0 Å². The molecule has 2 aromatic carbocycles.